The maximum atomic E-state index is 10.2. The molecule has 0 aromatic heterocycles. The monoisotopic (exact) mass is 197 g/mol. The molecule has 0 aromatic rings. The molecule has 0 saturated heterocycles. The van der Waals surface area contributed by atoms with Crippen molar-refractivity contribution in [2.24, 2.45) is 0 Å². The Bertz CT molecular complexity index is 169. The van der Waals surface area contributed by atoms with Crippen molar-refractivity contribution in [2.45, 2.75) is 0 Å². The van der Waals surface area contributed by atoms with E-state index in [4.69, 9.17) is 0 Å². The van der Waals surface area contributed by atoms with E-state index in [2.05, 4.69) is 0 Å². The fourth-order valence-corrected chi connectivity index (χ4v) is 0.935. The third-order valence-corrected chi connectivity index (χ3v) is 4.58. The van der Waals surface area contributed by atoms with Gasteiger partial charge in [-0.05, 0) is 0 Å². The van der Waals surface area contributed by atoms with Crippen LogP contribution in [0.2, 0.25) is 0 Å². The van der Waals surface area contributed by atoms with Gasteiger partial charge in [0.25, 0.3) is 0 Å². The van der Waals surface area contributed by atoms with Crippen molar-refractivity contribution in [2.75, 3.05) is 0 Å². The predicted octanol–water partition coefficient (Wildman–Crippen LogP) is -1.37. The van der Waals surface area contributed by atoms with Crippen LogP contribution in [0.25, 0.3) is 0 Å². The number of hydrogen-bond donors (Lipinski definition) is 0. The molecule has 5 nitrogen and oxygen atoms in total. The maximum absolute atomic E-state index is 10.2. The Morgan fingerprint density at radius 3 is 0.727 bits per heavy atom. The zero-order valence-corrected chi connectivity index (χ0v) is 6.61. The van der Waals surface area contributed by atoms with Gasteiger partial charge in [-0.15, -0.1) is 0 Å². The first-order chi connectivity index (χ1) is 5.12. The van der Waals surface area contributed by atoms with Crippen molar-refractivity contribution in [1.82, 2.24) is 0 Å². The average molecular weight is 197 g/mol. The molecule has 0 heterocycles. The molecule has 0 unspecified atom stereocenters. The van der Waals surface area contributed by atoms with Crippen molar-refractivity contribution < 1.29 is 36.0 Å². The fraction of sp³-hybridized carbons (Fsp3) is 0. The molecular formula is C5H5CrO5. The summed E-state index contributed by atoms with van der Waals surface area (Å²) in [5.41, 5.74) is 0. The van der Waals surface area contributed by atoms with Crippen LogP contribution in [0, 0.1) is 0 Å². The zero-order valence-electron chi connectivity index (χ0n) is 5.34. The predicted molar refractivity (Wildman–Crippen MR) is 33.8 cm³/mol. The molecule has 0 aromatic carbocycles. The van der Waals surface area contributed by atoms with Crippen LogP contribution in [0.3, 0.4) is 0 Å². The summed E-state index contributed by atoms with van der Waals surface area (Å²) in [4.78, 5) is 51.1. The number of carbonyl (C=O) groups excluding carboxylic acids is 5. The van der Waals surface area contributed by atoms with Crippen LogP contribution in [0.15, 0.2) is 0 Å². The summed E-state index contributed by atoms with van der Waals surface area (Å²) < 4.78 is 0. The Morgan fingerprint density at radius 2 is 0.727 bits per heavy atom. The molecule has 11 heavy (non-hydrogen) atoms. The molecule has 0 spiro atoms. The van der Waals surface area contributed by atoms with Gasteiger partial charge >= 0.3 is 61.7 Å². The van der Waals surface area contributed by atoms with Gasteiger partial charge in [0.2, 0.25) is 0 Å². The fourth-order valence-electron chi connectivity index (χ4n) is 0.227. The number of carbonyl (C=O) groups is 5. The van der Waals surface area contributed by atoms with Crippen LogP contribution < -0.4 is 0 Å². The van der Waals surface area contributed by atoms with Crippen LogP contribution in [0.5, 0.6) is 0 Å². The Kier molecular flexibility index (Phi) is 2.57. The van der Waals surface area contributed by atoms with Crippen molar-refractivity contribution in [3.8, 4) is 0 Å². The number of hydrogen-bond acceptors (Lipinski definition) is 5. The molecule has 0 bridgehead atoms. The molecule has 0 fully saturated rings. The Balaban J connectivity index is 5.51. The van der Waals surface area contributed by atoms with E-state index in [1.165, 1.54) is 0 Å². The molecule has 6 heteroatoms. The first-order valence-electron chi connectivity index (χ1n) is 2.36. The Morgan fingerprint density at radius 1 is 0.545 bits per heavy atom. The molecule has 0 amide bonds. The quantitative estimate of drug-likeness (QED) is 0.507. The standard InChI is InChI=1S/5CHO.Cr/c5*1-2;/h5*1H;. The third kappa shape index (κ3) is 1.18. The average Bonchev–Trinajstić information content (AvgIpc) is 2.12. The van der Waals surface area contributed by atoms with Crippen LogP contribution in [0.1, 0.15) is 0 Å². The topological polar surface area (TPSA) is 85.3 Å². The zero-order chi connectivity index (χ0) is 8.98. The van der Waals surface area contributed by atoms with Gasteiger partial charge in [0.15, 0.2) is 0 Å². The summed E-state index contributed by atoms with van der Waals surface area (Å²) in [7, 11) is 0. The molecule has 0 aliphatic rings. The molecule has 0 aliphatic carbocycles. The van der Waals surface area contributed by atoms with Gasteiger partial charge in [-0.2, -0.15) is 0 Å². The summed E-state index contributed by atoms with van der Waals surface area (Å²) >= 11 is -4.99. The summed E-state index contributed by atoms with van der Waals surface area (Å²) in [6.45, 7) is 0. The van der Waals surface area contributed by atoms with E-state index in [0.29, 0.717) is 0 Å². The van der Waals surface area contributed by atoms with Crippen LogP contribution >= 0.6 is 0 Å². The molecule has 0 rings (SSSR count). The van der Waals surface area contributed by atoms with Gasteiger partial charge in [0, 0.05) is 0 Å². The molecule has 61 valence electrons. The minimum atomic E-state index is -4.99. The van der Waals surface area contributed by atoms with Gasteiger partial charge in [0.05, 0.1) is 0 Å². The molecule has 0 aliphatic heterocycles. The third-order valence-electron chi connectivity index (χ3n) is 1.11. The van der Waals surface area contributed by atoms with Gasteiger partial charge in [-0.3, -0.25) is 0 Å². The van der Waals surface area contributed by atoms with Gasteiger partial charge in [0.1, 0.15) is 0 Å². The van der Waals surface area contributed by atoms with Crippen LogP contribution in [-0.2, 0) is 36.0 Å². The molecule has 0 radical (unpaired) electrons. The molecule has 0 saturated carbocycles. The van der Waals surface area contributed by atoms with E-state index >= 15 is 0 Å². The van der Waals surface area contributed by atoms with E-state index in [0.717, 1.165) is 0 Å². The van der Waals surface area contributed by atoms with Gasteiger partial charge < -0.3 is 0 Å². The summed E-state index contributed by atoms with van der Waals surface area (Å²) in [5.74, 6) is 0. The normalized spacial score (nSPS) is 13.6. The molecule has 0 atom stereocenters. The number of rotatable bonds is 5. The second-order valence-corrected chi connectivity index (χ2v) is 7.59. The molecule has 0 N–H and O–H groups in total. The molecular weight excluding hydrogens is 192 g/mol. The van der Waals surface area contributed by atoms with Crippen molar-refractivity contribution in [3.63, 3.8) is 0 Å². The van der Waals surface area contributed by atoms with E-state index < -0.39 is 12.0 Å². The second-order valence-electron chi connectivity index (χ2n) is 1.84. The first-order valence-corrected chi connectivity index (χ1v) is 6.04. The second kappa shape index (κ2) is 2.86. The van der Waals surface area contributed by atoms with Crippen LogP contribution in [-0.4, -0.2) is 25.7 Å². The van der Waals surface area contributed by atoms with Gasteiger partial charge in [-0.1, -0.05) is 0 Å². The Labute approximate surface area is 62.3 Å². The summed E-state index contributed by atoms with van der Waals surface area (Å²) in [5, 5.41) is -0.625. The van der Waals surface area contributed by atoms with E-state index in [1.54, 1.807) is 0 Å². The minimum absolute atomic E-state index is 0.125. The summed E-state index contributed by atoms with van der Waals surface area (Å²) in [6, 6.07) is 0. The van der Waals surface area contributed by atoms with Crippen LogP contribution in [0.4, 0.5) is 0 Å². The van der Waals surface area contributed by atoms with Crippen molar-refractivity contribution in [1.29, 1.82) is 0 Å². The van der Waals surface area contributed by atoms with E-state index in [-0.39, 0.29) is 25.7 Å². The first kappa shape index (κ1) is 9.88. The van der Waals surface area contributed by atoms with E-state index in [1.807, 2.05) is 0 Å². The van der Waals surface area contributed by atoms with E-state index in [9.17, 15) is 24.0 Å². The van der Waals surface area contributed by atoms with Crippen molar-refractivity contribution >= 4 is 25.7 Å². The Hall–Kier alpha value is -1.12. The SMILES string of the molecule is O=[CH][Cr]([CH]=O)([CH]=O)([CH]=O)[CH]=O. The van der Waals surface area contributed by atoms with Crippen molar-refractivity contribution in [3.05, 3.63) is 0 Å². The summed E-state index contributed by atoms with van der Waals surface area (Å²) in [6.07, 6.45) is 0. The van der Waals surface area contributed by atoms with Gasteiger partial charge in [-0.25, -0.2) is 0 Å².